The molecule has 1 aliphatic heterocycles. The summed E-state index contributed by atoms with van der Waals surface area (Å²) in [6.07, 6.45) is 2.63. The predicted molar refractivity (Wildman–Crippen MR) is 79.3 cm³/mol. The normalized spacial score (nSPS) is 17.6. The summed E-state index contributed by atoms with van der Waals surface area (Å²) < 4.78 is 0. The molecule has 0 aliphatic carbocycles. The summed E-state index contributed by atoms with van der Waals surface area (Å²) in [6.45, 7) is 1.84. The first kappa shape index (κ1) is 15.8. The Balaban J connectivity index is 0.000000902. The van der Waals surface area contributed by atoms with E-state index in [2.05, 4.69) is 20.6 Å². The molecule has 0 unspecified atom stereocenters. The van der Waals surface area contributed by atoms with E-state index in [-0.39, 0.29) is 36.8 Å². The van der Waals surface area contributed by atoms with Gasteiger partial charge < -0.3 is 15.6 Å². The van der Waals surface area contributed by atoms with Gasteiger partial charge in [-0.15, -0.1) is 24.8 Å². The largest absolute Gasteiger partial charge is 0.348 e. The number of imidazole rings is 1. The average Bonchev–Trinajstić information content (AvgIpc) is 2.97. The predicted octanol–water partition coefficient (Wildman–Crippen LogP) is 1.50. The summed E-state index contributed by atoms with van der Waals surface area (Å²) in [5.41, 5.74) is 2.44. The molecule has 5 nitrogen and oxygen atoms in total. The van der Waals surface area contributed by atoms with E-state index in [1.165, 1.54) is 0 Å². The third-order valence-electron chi connectivity index (χ3n) is 3.08. The molecular formula is C12H16Cl2N4O. The van der Waals surface area contributed by atoms with Crippen molar-refractivity contribution < 1.29 is 4.79 Å². The van der Waals surface area contributed by atoms with E-state index in [1.807, 2.05) is 12.1 Å². The molecule has 0 radical (unpaired) electrons. The molecule has 2 heterocycles. The monoisotopic (exact) mass is 302 g/mol. The maximum Gasteiger partial charge on any atom is 0.251 e. The van der Waals surface area contributed by atoms with Gasteiger partial charge in [0.25, 0.3) is 5.91 Å². The minimum absolute atomic E-state index is 0. The number of nitrogens with zero attached hydrogens (tertiary/aromatic N) is 1. The first-order valence-corrected chi connectivity index (χ1v) is 5.77. The lowest BCUT2D eigenvalue weighted by atomic mass is 10.1. The highest BCUT2D eigenvalue weighted by atomic mass is 35.5. The van der Waals surface area contributed by atoms with E-state index in [0.717, 1.165) is 30.5 Å². The van der Waals surface area contributed by atoms with Crippen LogP contribution in [0.4, 0.5) is 0 Å². The SMILES string of the molecule is Cl.Cl.O=C(N[C@H]1CCNC1)c1ccc2nc[nH]c2c1. The van der Waals surface area contributed by atoms with Crippen molar-refractivity contribution in [3.63, 3.8) is 0 Å². The topological polar surface area (TPSA) is 69.8 Å². The van der Waals surface area contributed by atoms with Crippen LogP contribution in [-0.2, 0) is 0 Å². The molecule has 0 saturated carbocycles. The van der Waals surface area contributed by atoms with Gasteiger partial charge in [-0.05, 0) is 31.2 Å². The van der Waals surface area contributed by atoms with Crippen molar-refractivity contribution in [2.24, 2.45) is 0 Å². The summed E-state index contributed by atoms with van der Waals surface area (Å²) in [4.78, 5) is 19.1. The van der Waals surface area contributed by atoms with E-state index in [0.29, 0.717) is 5.56 Å². The fraction of sp³-hybridized carbons (Fsp3) is 0.333. The lowest BCUT2D eigenvalue weighted by Crippen LogP contribution is -2.36. The molecule has 1 amide bonds. The zero-order chi connectivity index (χ0) is 11.7. The number of amides is 1. The Hall–Kier alpha value is -1.30. The molecule has 0 bridgehead atoms. The molecule has 1 aliphatic rings. The van der Waals surface area contributed by atoms with Crippen molar-refractivity contribution in [2.75, 3.05) is 13.1 Å². The van der Waals surface area contributed by atoms with E-state index >= 15 is 0 Å². The van der Waals surface area contributed by atoms with Gasteiger partial charge in [0.2, 0.25) is 0 Å². The van der Waals surface area contributed by atoms with E-state index in [4.69, 9.17) is 0 Å². The molecule has 104 valence electrons. The molecule has 0 spiro atoms. The van der Waals surface area contributed by atoms with Crippen LogP contribution in [0.15, 0.2) is 24.5 Å². The van der Waals surface area contributed by atoms with Gasteiger partial charge in [0.1, 0.15) is 0 Å². The standard InChI is InChI=1S/C12H14N4O.2ClH/c17-12(16-9-3-4-13-6-9)8-1-2-10-11(5-8)15-7-14-10;;/h1-2,5,7,9,13H,3-4,6H2,(H,14,15)(H,16,17);2*1H/t9-;;/m0../s1. The van der Waals surface area contributed by atoms with Crippen LogP contribution >= 0.6 is 24.8 Å². The Bertz CT molecular complexity index is 551. The number of H-pyrrole nitrogens is 1. The van der Waals surface area contributed by atoms with Crippen LogP contribution in [0.1, 0.15) is 16.8 Å². The summed E-state index contributed by atoms with van der Waals surface area (Å²) in [5, 5.41) is 6.24. The number of benzene rings is 1. The van der Waals surface area contributed by atoms with Gasteiger partial charge in [-0.1, -0.05) is 0 Å². The number of rotatable bonds is 2. The Morgan fingerprint density at radius 1 is 1.37 bits per heavy atom. The van der Waals surface area contributed by atoms with Crippen molar-refractivity contribution >= 4 is 41.8 Å². The second-order valence-electron chi connectivity index (χ2n) is 4.30. The minimum Gasteiger partial charge on any atom is -0.348 e. The van der Waals surface area contributed by atoms with Gasteiger partial charge >= 0.3 is 0 Å². The summed E-state index contributed by atoms with van der Waals surface area (Å²) in [5.74, 6) is -0.0183. The highest BCUT2D eigenvalue weighted by Crippen LogP contribution is 2.12. The molecule has 3 rings (SSSR count). The molecular weight excluding hydrogens is 287 g/mol. The smallest absolute Gasteiger partial charge is 0.251 e. The number of aromatic nitrogens is 2. The maximum absolute atomic E-state index is 12.0. The average molecular weight is 303 g/mol. The quantitative estimate of drug-likeness (QED) is 0.787. The lowest BCUT2D eigenvalue weighted by molar-refractivity contribution is 0.0940. The highest BCUT2D eigenvalue weighted by molar-refractivity contribution is 5.97. The molecule has 19 heavy (non-hydrogen) atoms. The molecule has 3 N–H and O–H groups in total. The first-order valence-electron chi connectivity index (χ1n) is 5.77. The molecule has 1 aromatic carbocycles. The molecule has 2 aromatic rings. The number of hydrogen-bond acceptors (Lipinski definition) is 3. The Morgan fingerprint density at radius 2 is 2.21 bits per heavy atom. The van der Waals surface area contributed by atoms with Crippen LogP contribution in [-0.4, -0.2) is 35.0 Å². The number of fused-ring (bicyclic) bond motifs is 1. The Labute approximate surface area is 123 Å². The number of carbonyl (C=O) groups is 1. The number of hydrogen-bond donors (Lipinski definition) is 3. The van der Waals surface area contributed by atoms with Crippen molar-refractivity contribution in [2.45, 2.75) is 12.5 Å². The summed E-state index contributed by atoms with van der Waals surface area (Å²) in [7, 11) is 0. The molecule has 1 saturated heterocycles. The van der Waals surface area contributed by atoms with Crippen LogP contribution in [0.5, 0.6) is 0 Å². The third kappa shape index (κ3) is 3.37. The van der Waals surface area contributed by atoms with Crippen molar-refractivity contribution in [1.82, 2.24) is 20.6 Å². The summed E-state index contributed by atoms with van der Waals surface area (Å²) in [6, 6.07) is 5.74. The number of halogens is 2. The second kappa shape index (κ2) is 6.75. The van der Waals surface area contributed by atoms with Crippen LogP contribution in [0.2, 0.25) is 0 Å². The Kier molecular flexibility index (Phi) is 5.60. The van der Waals surface area contributed by atoms with Crippen LogP contribution in [0.25, 0.3) is 11.0 Å². The number of aromatic amines is 1. The van der Waals surface area contributed by atoms with Gasteiger partial charge in [0.05, 0.1) is 17.4 Å². The van der Waals surface area contributed by atoms with E-state index in [1.54, 1.807) is 12.4 Å². The number of nitrogens with one attached hydrogen (secondary N) is 3. The van der Waals surface area contributed by atoms with E-state index < -0.39 is 0 Å². The summed E-state index contributed by atoms with van der Waals surface area (Å²) >= 11 is 0. The van der Waals surface area contributed by atoms with Gasteiger partial charge in [-0.25, -0.2) is 4.98 Å². The van der Waals surface area contributed by atoms with Crippen LogP contribution < -0.4 is 10.6 Å². The third-order valence-corrected chi connectivity index (χ3v) is 3.08. The fourth-order valence-electron chi connectivity index (χ4n) is 2.12. The lowest BCUT2D eigenvalue weighted by Gasteiger charge is -2.11. The van der Waals surface area contributed by atoms with Crippen molar-refractivity contribution in [3.05, 3.63) is 30.1 Å². The highest BCUT2D eigenvalue weighted by Gasteiger charge is 2.17. The molecule has 1 atom stereocenters. The van der Waals surface area contributed by atoms with Gasteiger partial charge in [-0.2, -0.15) is 0 Å². The van der Waals surface area contributed by atoms with Gasteiger partial charge in [-0.3, -0.25) is 4.79 Å². The molecule has 7 heteroatoms. The van der Waals surface area contributed by atoms with Crippen LogP contribution in [0.3, 0.4) is 0 Å². The minimum atomic E-state index is -0.0183. The van der Waals surface area contributed by atoms with Crippen LogP contribution in [0, 0.1) is 0 Å². The molecule has 1 fully saturated rings. The van der Waals surface area contributed by atoms with Gasteiger partial charge in [0, 0.05) is 18.2 Å². The number of carbonyl (C=O) groups excluding carboxylic acids is 1. The van der Waals surface area contributed by atoms with Crippen molar-refractivity contribution in [1.29, 1.82) is 0 Å². The first-order chi connectivity index (χ1) is 8.33. The maximum atomic E-state index is 12.0. The van der Waals surface area contributed by atoms with Crippen molar-refractivity contribution in [3.8, 4) is 0 Å². The Morgan fingerprint density at radius 3 is 2.95 bits per heavy atom. The zero-order valence-corrected chi connectivity index (χ0v) is 11.8. The zero-order valence-electron chi connectivity index (χ0n) is 10.2. The molecule has 1 aromatic heterocycles. The van der Waals surface area contributed by atoms with Gasteiger partial charge in [0.15, 0.2) is 0 Å². The second-order valence-corrected chi connectivity index (χ2v) is 4.30. The fourth-order valence-corrected chi connectivity index (χ4v) is 2.12. The van der Waals surface area contributed by atoms with E-state index in [9.17, 15) is 4.79 Å².